The van der Waals surface area contributed by atoms with Gasteiger partial charge in [0.25, 0.3) is 0 Å². The molecule has 2 N–H and O–H groups in total. The van der Waals surface area contributed by atoms with Gasteiger partial charge in [-0.2, -0.15) is 0 Å². The first kappa shape index (κ1) is 16.9. The van der Waals surface area contributed by atoms with Gasteiger partial charge in [0.2, 0.25) is 0 Å². The van der Waals surface area contributed by atoms with Crippen molar-refractivity contribution in [3.05, 3.63) is 58.6 Å². The average Bonchev–Trinajstić information content (AvgIpc) is 2.53. The summed E-state index contributed by atoms with van der Waals surface area (Å²) in [7, 11) is 0. The van der Waals surface area contributed by atoms with E-state index in [1.54, 1.807) is 48.5 Å². The van der Waals surface area contributed by atoms with E-state index in [-0.39, 0.29) is 13.2 Å². The van der Waals surface area contributed by atoms with Crippen LogP contribution in [-0.4, -0.2) is 35.6 Å². The van der Waals surface area contributed by atoms with Gasteiger partial charge in [0.15, 0.2) is 0 Å². The third-order valence-electron chi connectivity index (χ3n) is 2.91. The number of rotatable bonds is 7. The molecule has 0 fully saturated rings. The van der Waals surface area contributed by atoms with E-state index in [1.807, 2.05) is 0 Å². The minimum Gasteiger partial charge on any atom is -0.491 e. The Balaban J connectivity index is 1.75. The van der Waals surface area contributed by atoms with E-state index in [0.29, 0.717) is 21.5 Å². The summed E-state index contributed by atoms with van der Waals surface area (Å²) in [5.41, 5.74) is 0. The Bertz CT molecular complexity index is 518. The molecule has 0 saturated heterocycles. The van der Waals surface area contributed by atoms with Crippen LogP contribution >= 0.6 is 23.2 Å². The maximum atomic E-state index is 9.85. The molecule has 0 heterocycles. The molecule has 0 bridgehead atoms. The topological polar surface area (TPSA) is 58.9 Å². The van der Waals surface area contributed by atoms with E-state index < -0.39 is 12.2 Å². The standard InChI is InChI=1S/C16H16Cl2O4/c17-11-1-5-13(6-2-11)21-9-15(19)16(20)10-22-14-7-3-12(18)4-8-14/h1-8,15-16,19-20H,9-10H2/t15-,16+. The first-order chi connectivity index (χ1) is 10.5. The second-order valence-corrected chi connectivity index (χ2v) is 5.54. The lowest BCUT2D eigenvalue weighted by Crippen LogP contribution is -2.36. The van der Waals surface area contributed by atoms with E-state index in [0.717, 1.165) is 0 Å². The van der Waals surface area contributed by atoms with Gasteiger partial charge >= 0.3 is 0 Å². The Morgan fingerprint density at radius 2 is 1.00 bits per heavy atom. The van der Waals surface area contributed by atoms with Crippen LogP contribution in [0.2, 0.25) is 10.0 Å². The fourth-order valence-corrected chi connectivity index (χ4v) is 1.90. The third-order valence-corrected chi connectivity index (χ3v) is 3.42. The van der Waals surface area contributed by atoms with Crippen molar-refractivity contribution < 1.29 is 19.7 Å². The Hall–Kier alpha value is -1.46. The van der Waals surface area contributed by atoms with Gasteiger partial charge < -0.3 is 19.7 Å². The van der Waals surface area contributed by atoms with Crippen molar-refractivity contribution >= 4 is 23.2 Å². The molecule has 2 rings (SSSR count). The summed E-state index contributed by atoms with van der Waals surface area (Å²) in [6, 6.07) is 13.5. The van der Waals surface area contributed by atoms with E-state index >= 15 is 0 Å². The molecule has 6 heteroatoms. The number of halogens is 2. The minimum absolute atomic E-state index is 0.0488. The van der Waals surface area contributed by atoms with E-state index in [2.05, 4.69) is 0 Å². The number of ether oxygens (including phenoxy) is 2. The number of hydrogen-bond acceptors (Lipinski definition) is 4. The second-order valence-electron chi connectivity index (χ2n) is 4.66. The molecule has 0 saturated carbocycles. The summed E-state index contributed by atoms with van der Waals surface area (Å²) in [6.07, 6.45) is -2.13. The van der Waals surface area contributed by atoms with Gasteiger partial charge in [0.1, 0.15) is 36.9 Å². The smallest absolute Gasteiger partial charge is 0.119 e. The summed E-state index contributed by atoms with van der Waals surface area (Å²) in [5.74, 6) is 1.13. The molecule has 0 aliphatic rings. The SMILES string of the molecule is O[C@H](COc1ccc(Cl)cc1)[C@@H](O)COc1ccc(Cl)cc1. The average molecular weight is 343 g/mol. The van der Waals surface area contributed by atoms with Crippen LogP contribution in [0, 0.1) is 0 Å². The van der Waals surface area contributed by atoms with Gasteiger partial charge in [0.05, 0.1) is 0 Å². The Kier molecular flexibility index (Phi) is 6.34. The van der Waals surface area contributed by atoms with Crippen LogP contribution in [0.15, 0.2) is 48.5 Å². The first-order valence-corrected chi connectivity index (χ1v) is 7.43. The number of hydrogen-bond donors (Lipinski definition) is 2. The Labute approximate surface area is 138 Å². The lowest BCUT2D eigenvalue weighted by atomic mass is 10.2. The Morgan fingerprint density at radius 1 is 0.682 bits per heavy atom. The molecule has 118 valence electrons. The molecule has 0 amide bonds. The highest BCUT2D eigenvalue weighted by Gasteiger charge is 2.18. The van der Waals surface area contributed by atoms with Crippen LogP contribution in [0.1, 0.15) is 0 Å². The highest BCUT2D eigenvalue weighted by atomic mass is 35.5. The van der Waals surface area contributed by atoms with Gasteiger partial charge in [-0.3, -0.25) is 0 Å². The maximum absolute atomic E-state index is 9.85. The maximum Gasteiger partial charge on any atom is 0.119 e. The van der Waals surface area contributed by atoms with Gasteiger partial charge in [-0.25, -0.2) is 0 Å². The number of aliphatic hydroxyl groups excluding tert-OH is 2. The molecule has 0 radical (unpaired) electrons. The minimum atomic E-state index is -1.07. The highest BCUT2D eigenvalue weighted by molar-refractivity contribution is 6.30. The summed E-state index contributed by atoms with van der Waals surface area (Å²) in [5, 5.41) is 20.9. The summed E-state index contributed by atoms with van der Waals surface area (Å²) < 4.78 is 10.7. The first-order valence-electron chi connectivity index (χ1n) is 6.67. The number of benzene rings is 2. The van der Waals surface area contributed by atoms with Crippen LogP contribution in [0.3, 0.4) is 0 Å². The van der Waals surface area contributed by atoms with Crippen molar-refractivity contribution in [3.63, 3.8) is 0 Å². The van der Waals surface area contributed by atoms with Crippen LogP contribution in [0.25, 0.3) is 0 Å². The predicted molar refractivity (Wildman–Crippen MR) is 85.9 cm³/mol. The number of aliphatic hydroxyl groups is 2. The van der Waals surface area contributed by atoms with Crippen molar-refractivity contribution in [3.8, 4) is 11.5 Å². The molecular weight excluding hydrogens is 327 g/mol. The monoisotopic (exact) mass is 342 g/mol. The largest absolute Gasteiger partial charge is 0.491 e. The zero-order chi connectivity index (χ0) is 15.9. The molecule has 0 aromatic heterocycles. The summed E-state index contributed by atoms with van der Waals surface area (Å²) >= 11 is 11.5. The molecule has 0 unspecified atom stereocenters. The fraction of sp³-hybridized carbons (Fsp3) is 0.250. The zero-order valence-electron chi connectivity index (χ0n) is 11.7. The van der Waals surface area contributed by atoms with Gasteiger partial charge in [0, 0.05) is 10.0 Å². The molecular formula is C16H16Cl2O4. The fourth-order valence-electron chi connectivity index (χ4n) is 1.65. The summed E-state index contributed by atoms with van der Waals surface area (Å²) in [4.78, 5) is 0. The molecule has 22 heavy (non-hydrogen) atoms. The van der Waals surface area contributed by atoms with Crippen molar-refractivity contribution in [1.82, 2.24) is 0 Å². The van der Waals surface area contributed by atoms with E-state index in [1.165, 1.54) is 0 Å². The Morgan fingerprint density at radius 3 is 1.32 bits per heavy atom. The van der Waals surface area contributed by atoms with Crippen molar-refractivity contribution in [2.45, 2.75) is 12.2 Å². The van der Waals surface area contributed by atoms with E-state index in [4.69, 9.17) is 32.7 Å². The predicted octanol–water partition coefficient (Wildman–Crippen LogP) is 3.17. The molecule has 0 aliphatic heterocycles. The van der Waals surface area contributed by atoms with Crippen LogP contribution in [-0.2, 0) is 0 Å². The lowest BCUT2D eigenvalue weighted by molar-refractivity contribution is -0.0288. The van der Waals surface area contributed by atoms with Crippen molar-refractivity contribution in [1.29, 1.82) is 0 Å². The third kappa shape index (κ3) is 5.39. The zero-order valence-corrected chi connectivity index (χ0v) is 13.2. The molecule has 2 aromatic carbocycles. The normalized spacial score (nSPS) is 13.5. The van der Waals surface area contributed by atoms with Crippen molar-refractivity contribution in [2.75, 3.05) is 13.2 Å². The highest BCUT2D eigenvalue weighted by Crippen LogP contribution is 2.17. The lowest BCUT2D eigenvalue weighted by Gasteiger charge is -2.19. The van der Waals surface area contributed by atoms with Gasteiger partial charge in [-0.05, 0) is 48.5 Å². The molecule has 2 atom stereocenters. The summed E-state index contributed by atoms with van der Waals surface area (Å²) in [6.45, 7) is -0.0977. The van der Waals surface area contributed by atoms with Crippen LogP contribution in [0.5, 0.6) is 11.5 Å². The second kappa shape index (κ2) is 8.25. The molecule has 0 spiro atoms. The quantitative estimate of drug-likeness (QED) is 0.811. The van der Waals surface area contributed by atoms with Crippen LogP contribution in [0.4, 0.5) is 0 Å². The molecule has 0 aliphatic carbocycles. The van der Waals surface area contributed by atoms with Gasteiger partial charge in [-0.1, -0.05) is 23.2 Å². The van der Waals surface area contributed by atoms with E-state index in [9.17, 15) is 10.2 Å². The van der Waals surface area contributed by atoms with Crippen LogP contribution < -0.4 is 9.47 Å². The molecule has 4 nitrogen and oxygen atoms in total. The molecule has 2 aromatic rings. The van der Waals surface area contributed by atoms with Crippen molar-refractivity contribution in [2.24, 2.45) is 0 Å². The van der Waals surface area contributed by atoms with Gasteiger partial charge in [-0.15, -0.1) is 0 Å².